The zero-order chi connectivity index (χ0) is 17.5. The summed E-state index contributed by atoms with van der Waals surface area (Å²) in [6, 6.07) is 5.00. The minimum atomic E-state index is -1.15. The Hall–Kier alpha value is -1.92. The summed E-state index contributed by atoms with van der Waals surface area (Å²) in [5.41, 5.74) is 1.70. The molecule has 1 aromatic carbocycles. The van der Waals surface area contributed by atoms with Gasteiger partial charge in [0.2, 0.25) is 11.7 Å². The largest absolute Gasteiger partial charge is 0.488 e. The number of hydrogen-bond acceptors (Lipinski definition) is 4. The summed E-state index contributed by atoms with van der Waals surface area (Å²) in [5.74, 6) is 0.0567. The molecule has 2 aliphatic heterocycles. The molecule has 128 valence electrons. The Kier molecular flexibility index (Phi) is 4.36. The first-order valence-corrected chi connectivity index (χ1v) is 9.15. The number of carbonyl (C=O) groups excluding carboxylic acids is 2. The normalized spacial score (nSPS) is 25.3. The number of hydrogen-bond donors (Lipinski definition) is 2. The minimum Gasteiger partial charge on any atom is -0.488 e. The molecule has 0 spiro atoms. The Labute approximate surface area is 143 Å². The van der Waals surface area contributed by atoms with Gasteiger partial charge in [0, 0.05) is 18.2 Å². The first-order valence-electron chi connectivity index (χ1n) is 7.97. The molecule has 2 unspecified atom stereocenters. The summed E-state index contributed by atoms with van der Waals surface area (Å²) in [6.45, 7) is 5.73. The summed E-state index contributed by atoms with van der Waals surface area (Å²) in [5, 5.41) is 2.67. The van der Waals surface area contributed by atoms with Crippen LogP contribution in [-0.4, -0.2) is 32.5 Å². The molecule has 2 atom stereocenters. The lowest BCUT2D eigenvalue weighted by Crippen LogP contribution is -2.19. The van der Waals surface area contributed by atoms with Gasteiger partial charge in [0.1, 0.15) is 12.4 Å². The van der Waals surface area contributed by atoms with Crippen LogP contribution in [0.1, 0.15) is 44.0 Å². The van der Waals surface area contributed by atoms with E-state index in [1.807, 2.05) is 13.0 Å². The number of nitrogens with one attached hydrogen (secondary N) is 1. The average Bonchev–Trinajstić information content (AvgIpc) is 2.67. The highest BCUT2D eigenvalue weighted by Crippen LogP contribution is 2.45. The van der Waals surface area contributed by atoms with Crippen molar-refractivity contribution in [3.05, 3.63) is 35.4 Å². The number of carbonyl (C=O) groups is 2. The molecule has 3 rings (SSSR count). The van der Waals surface area contributed by atoms with Crippen molar-refractivity contribution in [2.45, 2.75) is 38.4 Å². The van der Waals surface area contributed by atoms with Gasteiger partial charge in [-0.15, -0.1) is 0 Å². The molecule has 2 aliphatic rings. The first kappa shape index (κ1) is 16.9. The van der Waals surface area contributed by atoms with Crippen LogP contribution in [0.5, 0.6) is 5.75 Å². The molecule has 2 N–H and O–H groups in total. The van der Waals surface area contributed by atoms with Crippen LogP contribution >= 0.6 is 10.8 Å². The van der Waals surface area contributed by atoms with E-state index in [1.54, 1.807) is 18.2 Å². The van der Waals surface area contributed by atoms with Crippen molar-refractivity contribution in [2.24, 2.45) is 0 Å². The average molecular weight is 347 g/mol. The molecule has 0 saturated carbocycles. The summed E-state index contributed by atoms with van der Waals surface area (Å²) >= 11 is 0. The Morgan fingerprint density at radius 3 is 2.88 bits per heavy atom. The second kappa shape index (κ2) is 6.18. The molecule has 0 aliphatic carbocycles. The quantitative estimate of drug-likeness (QED) is 0.819. The van der Waals surface area contributed by atoms with E-state index >= 15 is 0 Å². The van der Waals surface area contributed by atoms with Gasteiger partial charge in [-0.25, -0.2) is 0 Å². The van der Waals surface area contributed by atoms with Gasteiger partial charge in [-0.1, -0.05) is 19.4 Å². The maximum atomic E-state index is 13.0. The van der Waals surface area contributed by atoms with Crippen molar-refractivity contribution >= 4 is 33.0 Å². The summed E-state index contributed by atoms with van der Waals surface area (Å²) in [7, 11) is -1.15. The Morgan fingerprint density at radius 2 is 2.21 bits per heavy atom. The lowest BCUT2D eigenvalue weighted by atomic mass is 9.98. The van der Waals surface area contributed by atoms with E-state index in [4.69, 9.17) is 4.74 Å². The molecular formula is C18H21NO4S. The van der Waals surface area contributed by atoms with Crippen LogP contribution < -0.4 is 10.1 Å². The fourth-order valence-corrected chi connectivity index (χ4v) is 5.01. The summed E-state index contributed by atoms with van der Waals surface area (Å²) < 4.78 is 16.2. The van der Waals surface area contributed by atoms with Gasteiger partial charge in [-0.2, -0.15) is 0 Å². The highest BCUT2D eigenvalue weighted by Gasteiger charge is 2.39. The van der Waals surface area contributed by atoms with Crippen molar-refractivity contribution in [2.75, 3.05) is 11.9 Å². The van der Waals surface area contributed by atoms with Crippen LogP contribution in [0.2, 0.25) is 0 Å². The second-order valence-electron chi connectivity index (χ2n) is 6.36. The van der Waals surface area contributed by atoms with E-state index in [-0.39, 0.29) is 18.3 Å². The van der Waals surface area contributed by atoms with Crippen molar-refractivity contribution < 1.29 is 18.9 Å². The Morgan fingerprint density at radius 1 is 1.46 bits per heavy atom. The van der Waals surface area contributed by atoms with Gasteiger partial charge >= 0.3 is 0 Å². The topological polar surface area (TPSA) is 75.6 Å². The third kappa shape index (κ3) is 2.80. The SMILES string of the molecule is CCCC1(C)C=C2COc3ccc(NC(C)=O)cc3C(=O)C2=S1O. The van der Waals surface area contributed by atoms with Gasteiger partial charge in [-0.05, 0) is 42.3 Å². The molecule has 0 bridgehead atoms. The highest BCUT2D eigenvalue weighted by molar-refractivity contribution is 8.14. The van der Waals surface area contributed by atoms with E-state index < -0.39 is 15.5 Å². The van der Waals surface area contributed by atoms with Crippen molar-refractivity contribution in [1.82, 2.24) is 0 Å². The molecule has 1 aromatic rings. The van der Waals surface area contributed by atoms with E-state index in [0.717, 1.165) is 18.4 Å². The Bertz CT molecular complexity index is 796. The lowest BCUT2D eigenvalue weighted by Gasteiger charge is -2.23. The molecular weight excluding hydrogens is 326 g/mol. The summed E-state index contributed by atoms with van der Waals surface area (Å²) in [4.78, 5) is 24.7. The van der Waals surface area contributed by atoms with Gasteiger partial charge < -0.3 is 14.6 Å². The monoisotopic (exact) mass is 347 g/mol. The maximum absolute atomic E-state index is 13.0. The van der Waals surface area contributed by atoms with Crippen LogP contribution in [-0.2, 0) is 4.79 Å². The van der Waals surface area contributed by atoms with Gasteiger partial charge in [0.05, 0.1) is 15.2 Å². The molecule has 24 heavy (non-hydrogen) atoms. The number of amides is 1. The Balaban J connectivity index is 2.07. The lowest BCUT2D eigenvalue weighted by molar-refractivity contribution is -0.114. The van der Waals surface area contributed by atoms with Crippen LogP contribution in [0, 0.1) is 0 Å². The highest BCUT2D eigenvalue weighted by atomic mass is 32.2. The zero-order valence-electron chi connectivity index (χ0n) is 14.0. The molecule has 5 nitrogen and oxygen atoms in total. The summed E-state index contributed by atoms with van der Waals surface area (Å²) in [6.07, 6.45) is 3.73. The number of anilines is 1. The van der Waals surface area contributed by atoms with Crippen LogP contribution in [0.4, 0.5) is 5.69 Å². The zero-order valence-corrected chi connectivity index (χ0v) is 14.8. The first-order chi connectivity index (χ1) is 11.4. The predicted molar refractivity (Wildman–Crippen MR) is 97.2 cm³/mol. The third-order valence-electron chi connectivity index (χ3n) is 4.29. The van der Waals surface area contributed by atoms with Gasteiger partial charge in [0.15, 0.2) is 0 Å². The van der Waals surface area contributed by atoms with Gasteiger partial charge in [-0.3, -0.25) is 9.59 Å². The van der Waals surface area contributed by atoms with E-state index in [2.05, 4.69) is 12.2 Å². The number of ketones is 1. The fraction of sp³-hybridized carbons (Fsp3) is 0.389. The molecule has 6 heteroatoms. The minimum absolute atomic E-state index is 0.205. The molecule has 1 amide bonds. The number of Topliss-reactive ketones (excluding diaryl/α,β-unsaturated/α-hetero) is 1. The van der Waals surface area contributed by atoms with E-state index in [0.29, 0.717) is 21.9 Å². The maximum Gasteiger partial charge on any atom is 0.221 e. The number of ether oxygens (including phenoxy) is 1. The number of rotatable bonds is 3. The molecule has 0 aromatic heterocycles. The van der Waals surface area contributed by atoms with Crippen LogP contribution in [0.15, 0.2) is 29.8 Å². The molecule has 2 heterocycles. The second-order valence-corrected chi connectivity index (χ2v) is 8.27. The molecule has 0 fully saturated rings. The number of benzene rings is 1. The van der Waals surface area contributed by atoms with Gasteiger partial charge in [0.25, 0.3) is 0 Å². The van der Waals surface area contributed by atoms with Crippen molar-refractivity contribution in [3.8, 4) is 5.75 Å². The van der Waals surface area contributed by atoms with Crippen LogP contribution in [0.3, 0.4) is 0 Å². The number of fused-ring (bicyclic) bond motifs is 2. The smallest absolute Gasteiger partial charge is 0.221 e. The van der Waals surface area contributed by atoms with Crippen molar-refractivity contribution in [3.63, 3.8) is 0 Å². The van der Waals surface area contributed by atoms with E-state index in [1.165, 1.54) is 6.92 Å². The van der Waals surface area contributed by atoms with Crippen LogP contribution in [0.25, 0.3) is 0 Å². The molecule has 0 saturated heterocycles. The third-order valence-corrected chi connectivity index (χ3v) is 6.33. The standard InChI is InChI=1S/C18H21NO4S/c1-4-7-18(3)9-12-10-23-15-6-5-13(19-11(2)20)8-14(15)16(21)17(12)24(18)22/h5-6,8-9,22H,4,7,10H2,1-3H3,(H,19,20). The van der Waals surface area contributed by atoms with E-state index in [9.17, 15) is 14.1 Å². The van der Waals surface area contributed by atoms with Crippen molar-refractivity contribution in [1.29, 1.82) is 0 Å². The predicted octanol–water partition coefficient (Wildman–Crippen LogP) is 3.63. The fourth-order valence-electron chi connectivity index (χ4n) is 3.25. The molecule has 0 radical (unpaired) electrons.